The molecule has 4 heteroatoms. The van der Waals surface area contributed by atoms with E-state index in [4.69, 9.17) is 10.5 Å². The summed E-state index contributed by atoms with van der Waals surface area (Å²) in [5.74, 6) is 0.493. The van der Waals surface area contributed by atoms with Gasteiger partial charge in [-0.15, -0.1) is 0 Å². The molecule has 0 spiro atoms. The van der Waals surface area contributed by atoms with Gasteiger partial charge in [-0.25, -0.2) is 0 Å². The Morgan fingerprint density at radius 3 is 2.78 bits per heavy atom. The van der Waals surface area contributed by atoms with Gasteiger partial charge in [-0.1, -0.05) is 37.3 Å². The first kappa shape index (κ1) is 14.5. The van der Waals surface area contributed by atoms with Gasteiger partial charge in [0.2, 0.25) is 0 Å². The number of ether oxygens (including phenoxy) is 1. The average molecular weight is 249 g/mol. The summed E-state index contributed by atoms with van der Waals surface area (Å²) in [6.45, 7) is 5.97. The van der Waals surface area contributed by atoms with Gasteiger partial charge in [0, 0.05) is 6.04 Å². The zero-order valence-electron chi connectivity index (χ0n) is 11.2. The van der Waals surface area contributed by atoms with Gasteiger partial charge in [-0.3, -0.25) is 4.99 Å². The lowest BCUT2D eigenvalue weighted by Gasteiger charge is -2.11. The highest BCUT2D eigenvalue weighted by Gasteiger charge is 1.98. The SMILES string of the molecule is CCC(C)NC(N)=NCCOCc1ccccc1. The van der Waals surface area contributed by atoms with Crippen LogP contribution in [0.25, 0.3) is 0 Å². The van der Waals surface area contributed by atoms with Crippen molar-refractivity contribution in [3.63, 3.8) is 0 Å². The van der Waals surface area contributed by atoms with Crippen molar-refractivity contribution in [3.8, 4) is 0 Å². The van der Waals surface area contributed by atoms with E-state index in [9.17, 15) is 0 Å². The molecule has 1 unspecified atom stereocenters. The number of hydrogen-bond acceptors (Lipinski definition) is 2. The van der Waals surface area contributed by atoms with Crippen molar-refractivity contribution in [1.29, 1.82) is 0 Å². The lowest BCUT2D eigenvalue weighted by molar-refractivity contribution is 0.128. The summed E-state index contributed by atoms with van der Waals surface area (Å²) in [6.07, 6.45) is 1.03. The predicted octanol–water partition coefficient (Wildman–Crippen LogP) is 1.91. The van der Waals surface area contributed by atoms with Gasteiger partial charge in [0.05, 0.1) is 19.8 Å². The molecule has 0 saturated carbocycles. The lowest BCUT2D eigenvalue weighted by atomic mass is 10.2. The van der Waals surface area contributed by atoms with Crippen molar-refractivity contribution >= 4 is 5.96 Å². The Kier molecular flexibility index (Phi) is 6.87. The Labute approximate surface area is 109 Å². The van der Waals surface area contributed by atoms with Crippen LogP contribution in [0.3, 0.4) is 0 Å². The van der Waals surface area contributed by atoms with Crippen molar-refractivity contribution in [1.82, 2.24) is 5.32 Å². The van der Waals surface area contributed by atoms with Crippen molar-refractivity contribution in [3.05, 3.63) is 35.9 Å². The van der Waals surface area contributed by atoms with Gasteiger partial charge in [-0.2, -0.15) is 0 Å². The molecular weight excluding hydrogens is 226 g/mol. The Morgan fingerprint density at radius 2 is 2.11 bits per heavy atom. The van der Waals surface area contributed by atoms with E-state index in [-0.39, 0.29) is 0 Å². The van der Waals surface area contributed by atoms with E-state index < -0.39 is 0 Å². The van der Waals surface area contributed by atoms with Crippen LogP contribution in [0.1, 0.15) is 25.8 Å². The van der Waals surface area contributed by atoms with Crippen LogP contribution in [0.2, 0.25) is 0 Å². The largest absolute Gasteiger partial charge is 0.375 e. The molecule has 0 aromatic heterocycles. The highest BCUT2D eigenvalue weighted by molar-refractivity contribution is 5.78. The number of nitrogens with two attached hydrogens (primary N) is 1. The van der Waals surface area contributed by atoms with Crippen LogP contribution in [-0.4, -0.2) is 25.2 Å². The molecule has 0 amide bonds. The molecule has 0 radical (unpaired) electrons. The molecule has 100 valence electrons. The Morgan fingerprint density at radius 1 is 1.39 bits per heavy atom. The standard InChI is InChI=1S/C14H23N3O/c1-3-12(2)17-14(15)16-9-10-18-11-13-7-5-4-6-8-13/h4-8,12H,3,9-11H2,1-2H3,(H3,15,16,17). The smallest absolute Gasteiger partial charge is 0.188 e. The lowest BCUT2D eigenvalue weighted by Crippen LogP contribution is -2.38. The van der Waals surface area contributed by atoms with Crippen LogP contribution in [-0.2, 0) is 11.3 Å². The van der Waals surface area contributed by atoms with Crippen LogP contribution in [0.5, 0.6) is 0 Å². The van der Waals surface area contributed by atoms with Crippen LogP contribution in [0.15, 0.2) is 35.3 Å². The van der Waals surface area contributed by atoms with E-state index in [1.165, 1.54) is 5.56 Å². The van der Waals surface area contributed by atoms with Crippen LogP contribution < -0.4 is 11.1 Å². The number of guanidine groups is 1. The molecule has 3 N–H and O–H groups in total. The maximum atomic E-state index is 5.73. The van der Waals surface area contributed by atoms with E-state index in [0.29, 0.717) is 31.8 Å². The fourth-order valence-corrected chi connectivity index (χ4v) is 1.40. The summed E-state index contributed by atoms with van der Waals surface area (Å²) in [5, 5.41) is 3.11. The zero-order valence-corrected chi connectivity index (χ0v) is 11.2. The average Bonchev–Trinajstić information content (AvgIpc) is 2.39. The normalized spacial score (nSPS) is 13.3. The second-order valence-corrected chi connectivity index (χ2v) is 4.26. The third kappa shape index (κ3) is 6.25. The molecule has 4 nitrogen and oxygen atoms in total. The van der Waals surface area contributed by atoms with Crippen molar-refractivity contribution in [2.45, 2.75) is 32.9 Å². The Balaban J connectivity index is 2.13. The van der Waals surface area contributed by atoms with Gasteiger partial charge in [0.25, 0.3) is 0 Å². The van der Waals surface area contributed by atoms with E-state index in [1.54, 1.807) is 0 Å². The number of nitrogens with zero attached hydrogens (tertiary/aromatic N) is 1. The minimum Gasteiger partial charge on any atom is -0.375 e. The molecule has 0 bridgehead atoms. The maximum absolute atomic E-state index is 5.73. The first-order chi connectivity index (χ1) is 8.72. The van der Waals surface area contributed by atoms with E-state index in [1.807, 2.05) is 30.3 Å². The summed E-state index contributed by atoms with van der Waals surface area (Å²) in [4.78, 5) is 4.20. The highest BCUT2D eigenvalue weighted by Crippen LogP contribution is 1.99. The van der Waals surface area contributed by atoms with Gasteiger partial charge >= 0.3 is 0 Å². The third-order valence-corrected chi connectivity index (χ3v) is 2.64. The predicted molar refractivity (Wildman–Crippen MR) is 75.5 cm³/mol. The summed E-state index contributed by atoms with van der Waals surface area (Å²) in [5.41, 5.74) is 6.90. The van der Waals surface area contributed by atoms with Crippen molar-refractivity contribution in [2.75, 3.05) is 13.2 Å². The molecule has 1 atom stereocenters. The topological polar surface area (TPSA) is 59.6 Å². The monoisotopic (exact) mass is 249 g/mol. The minimum absolute atomic E-state index is 0.360. The van der Waals surface area contributed by atoms with Crippen LogP contribution in [0, 0.1) is 0 Å². The zero-order chi connectivity index (χ0) is 13.2. The fraction of sp³-hybridized carbons (Fsp3) is 0.500. The molecule has 0 aliphatic carbocycles. The second kappa shape index (κ2) is 8.53. The number of hydrogen-bond donors (Lipinski definition) is 2. The molecule has 0 fully saturated rings. The summed E-state index contributed by atoms with van der Waals surface area (Å²) < 4.78 is 5.51. The molecule has 1 aromatic rings. The molecule has 1 rings (SSSR count). The summed E-state index contributed by atoms with van der Waals surface area (Å²) >= 11 is 0. The third-order valence-electron chi connectivity index (χ3n) is 2.64. The Bertz CT molecular complexity index is 351. The molecule has 0 aliphatic rings. The molecule has 18 heavy (non-hydrogen) atoms. The molecule has 0 aliphatic heterocycles. The van der Waals surface area contributed by atoms with Gasteiger partial charge in [0.15, 0.2) is 5.96 Å². The van der Waals surface area contributed by atoms with Crippen LogP contribution in [0.4, 0.5) is 0 Å². The van der Waals surface area contributed by atoms with Crippen molar-refractivity contribution < 1.29 is 4.74 Å². The fourth-order valence-electron chi connectivity index (χ4n) is 1.40. The van der Waals surface area contributed by atoms with E-state index in [0.717, 1.165) is 6.42 Å². The first-order valence-corrected chi connectivity index (χ1v) is 6.40. The highest BCUT2D eigenvalue weighted by atomic mass is 16.5. The molecular formula is C14H23N3O. The minimum atomic E-state index is 0.360. The number of aliphatic imine (C=N–C) groups is 1. The second-order valence-electron chi connectivity index (χ2n) is 4.26. The van der Waals surface area contributed by atoms with Gasteiger partial charge < -0.3 is 15.8 Å². The van der Waals surface area contributed by atoms with Crippen LogP contribution >= 0.6 is 0 Å². The van der Waals surface area contributed by atoms with Crippen molar-refractivity contribution in [2.24, 2.45) is 10.7 Å². The maximum Gasteiger partial charge on any atom is 0.188 e. The molecule has 1 aromatic carbocycles. The molecule has 0 saturated heterocycles. The Hall–Kier alpha value is -1.55. The van der Waals surface area contributed by atoms with Gasteiger partial charge in [0.1, 0.15) is 0 Å². The summed E-state index contributed by atoms with van der Waals surface area (Å²) in [7, 11) is 0. The van der Waals surface area contributed by atoms with Gasteiger partial charge in [-0.05, 0) is 18.9 Å². The van der Waals surface area contributed by atoms with E-state index >= 15 is 0 Å². The number of benzene rings is 1. The molecule has 0 heterocycles. The number of nitrogens with one attached hydrogen (secondary N) is 1. The van der Waals surface area contributed by atoms with E-state index in [2.05, 4.69) is 24.2 Å². The first-order valence-electron chi connectivity index (χ1n) is 6.40. The summed E-state index contributed by atoms with van der Waals surface area (Å²) in [6, 6.07) is 10.5. The quantitative estimate of drug-likeness (QED) is 0.441. The number of rotatable bonds is 7.